The Balaban J connectivity index is 2.23. The van der Waals surface area contributed by atoms with Gasteiger partial charge in [-0.05, 0) is 31.2 Å². The van der Waals surface area contributed by atoms with Crippen molar-refractivity contribution in [1.29, 1.82) is 0 Å². The number of aromatic amines is 1. The van der Waals surface area contributed by atoms with E-state index in [2.05, 4.69) is 9.97 Å². The lowest BCUT2D eigenvalue weighted by Crippen LogP contribution is -2.04. The second kappa shape index (κ2) is 4.78. The molecule has 2 rings (SSSR count). The first kappa shape index (κ1) is 11.3. The van der Waals surface area contributed by atoms with Gasteiger partial charge in [-0.2, -0.15) is 0 Å². The van der Waals surface area contributed by atoms with E-state index in [1.807, 2.05) is 0 Å². The molecule has 1 aromatic carbocycles. The summed E-state index contributed by atoms with van der Waals surface area (Å²) in [5, 5.41) is 0. The molecule has 0 saturated heterocycles. The van der Waals surface area contributed by atoms with Crippen molar-refractivity contribution < 1.29 is 13.9 Å². The number of carbonyl (C=O) groups excluding carboxylic acids is 1. The number of rotatable bonds is 3. The lowest BCUT2D eigenvalue weighted by molar-refractivity contribution is 0.0520. The van der Waals surface area contributed by atoms with Crippen LogP contribution in [-0.2, 0) is 4.74 Å². The third kappa shape index (κ3) is 2.50. The second-order valence-corrected chi connectivity index (χ2v) is 3.37. The number of H-pyrrole nitrogens is 1. The molecule has 0 aliphatic heterocycles. The molecule has 0 amide bonds. The Morgan fingerprint density at radius 2 is 2.12 bits per heavy atom. The Morgan fingerprint density at radius 1 is 1.41 bits per heavy atom. The van der Waals surface area contributed by atoms with Gasteiger partial charge in [0.05, 0.1) is 12.8 Å². The first-order chi connectivity index (χ1) is 8.20. The Labute approximate surface area is 97.5 Å². The van der Waals surface area contributed by atoms with Gasteiger partial charge in [0, 0.05) is 5.56 Å². The van der Waals surface area contributed by atoms with Crippen LogP contribution < -0.4 is 0 Å². The Morgan fingerprint density at radius 3 is 2.76 bits per heavy atom. The van der Waals surface area contributed by atoms with Crippen molar-refractivity contribution in [2.24, 2.45) is 0 Å². The summed E-state index contributed by atoms with van der Waals surface area (Å²) >= 11 is 0. The molecule has 0 bridgehead atoms. The molecule has 17 heavy (non-hydrogen) atoms. The molecular weight excluding hydrogens is 223 g/mol. The van der Waals surface area contributed by atoms with Crippen LogP contribution >= 0.6 is 0 Å². The lowest BCUT2D eigenvalue weighted by atomic mass is 10.2. The lowest BCUT2D eigenvalue weighted by Gasteiger charge is -1.98. The number of hydrogen-bond acceptors (Lipinski definition) is 3. The molecule has 88 valence electrons. The number of ether oxygens (including phenoxy) is 1. The molecule has 0 saturated carbocycles. The number of hydrogen-bond donors (Lipinski definition) is 1. The highest BCUT2D eigenvalue weighted by molar-refractivity contribution is 5.87. The topological polar surface area (TPSA) is 55.0 Å². The molecule has 1 aromatic heterocycles. The van der Waals surface area contributed by atoms with Gasteiger partial charge in [0.25, 0.3) is 0 Å². The number of imidazole rings is 1. The predicted octanol–water partition coefficient (Wildman–Crippen LogP) is 2.39. The Kier molecular flexibility index (Phi) is 3.18. The van der Waals surface area contributed by atoms with Crippen molar-refractivity contribution in [3.8, 4) is 11.4 Å². The molecule has 1 heterocycles. The quantitative estimate of drug-likeness (QED) is 0.829. The summed E-state index contributed by atoms with van der Waals surface area (Å²) in [7, 11) is 0. The van der Waals surface area contributed by atoms with E-state index >= 15 is 0 Å². The van der Waals surface area contributed by atoms with Crippen LogP contribution in [0.2, 0.25) is 0 Å². The van der Waals surface area contributed by atoms with E-state index in [1.54, 1.807) is 19.1 Å². The molecule has 2 aromatic rings. The molecule has 1 N–H and O–H groups in total. The molecule has 0 spiro atoms. The zero-order valence-corrected chi connectivity index (χ0v) is 9.24. The van der Waals surface area contributed by atoms with Gasteiger partial charge in [0.1, 0.15) is 17.3 Å². The average Bonchev–Trinajstić information content (AvgIpc) is 2.80. The number of esters is 1. The molecule has 4 nitrogen and oxygen atoms in total. The number of nitrogens with zero attached hydrogens (tertiary/aromatic N) is 1. The van der Waals surface area contributed by atoms with Crippen LogP contribution in [0.25, 0.3) is 11.4 Å². The van der Waals surface area contributed by atoms with Crippen molar-refractivity contribution in [3.63, 3.8) is 0 Å². The van der Waals surface area contributed by atoms with Gasteiger partial charge in [-0.3, -0.25) is 0 Å². The summed E-state index contributed by atoms with van der Waals surface area (Å²) in [5.41, 5.74) is 0.994. The maximum absolute atomic E-state index is 12.7. The smallest absolute Gasteiger partial charge is 0.356 e. The van der Waals surface area contributed by atoms with Gasteiger partial charge in [0.2, 0.25) is 0 Å². The van der Waals surface area contributed by atoms with Crippen LogP contribution in [0.1, 0.15) is 17.4 Å². The van der Waals surface area contributed by atoms with Crippen molar-refractivity contribution >= 4 is 5.97 Å². The summed E-state index contributed by atoms with van der Waals surface area (Å²) in [6.07, 6.45) is 1.40. The van der Waals surface area contributed by atoms with E-state index in [0.29, 0.717) is 18.0 Å². The van der Waals surface area contributed by atoms with E-state index in [-0.39, 0.29) is 11.5 Å². The van der Waals surface area contributed by atoms with E-state index in [9.17, 15) is 9.18 Å². The fourth-order valence-electron chi connectivity index (χ4n) is 1.39. The van der Waals surface area contributed by atoms with Crippen LogP contribution in [0.4, 0.5) is 4.39 Å². The monoisotopic (exact) mass is 234 g/mol. The van der Waals surface area contributed by atoms with Gasteiger partial charge in [-0.15, -0.1) is 0 Å². The summed E-state index contributed by atoms with van der Waals surface area (Å²) in [6.45, 7) is 2.04. The predicted molar refractivity (Wildman–Crippen MR) is 59.9 cm³/mol. The summed E-state index contributed by atoms with van der Waals surface area (Å²) in [4.78, 5) is 18.3. The minimum Gasteiger partial charge on any atom is -0.461 e. The second-order valence-electron chi connectivity index (χ2n) is 3.37. The maximum atomic E-state index is 12.7. The van der Waals surface area contributed by atoms with Gasteiger partial charge < -0.3 is 9.72 Å². The highest BCUT2D eigenvalue weighted by atomic mass is 19.1. The largest absolute Gasteiger partial charge is 0.461 e. The van der Waals surface area contributed by atoms with Crippen molar-refractivity contribution in [2.75, 3.05) is 6.61 Å². The van der Waals surface area contributed by atoms with E-state index in [1.165, 1.54) is 18.3 Å². The third-order valence-corrected chi connectivity index (χ3v) is 2.19. The number of nitrogens with one attached hydrogen (secondary N) is 1. The average molecular weight is 234 g/mol. The molecule has 0 radical (unpaired) electrons. The molecule has 5 heteroatoms. The molecule has 0 atom stereocenters. The molecule has 0 fully saturated rings. The highest BCUT2D eigenvalue weighted by Crippen LogP contribution is 2.16. The van der Waals surface area contributed by atoms with Gasteiger partial charge >= 0.3 is 5.97 Å². The summed E-state index contributed by atoms with van der Waals surface area (Å²) in [6, 6.07) is 5.84. The van der Waals surface area contributed by atoms with Gasteiger partial charge in [0.15, 0.2) is 0 Å². The Hall–Kier alpha value is -2.17. The first-order valence-electron chi connectivity index (χ1n) is 5.18. The minimum absolute atomic E-state index is 0.283. The van der Waals surface area contributed by atoms with Crippen LogP contribution in [0.5, 0.6) is 0 Å². The van der Waals surface area contributed by atoms with E-state index < -0.39 is 5.97 Å². The minimum atomic E-state index is -0.451. The molecule has 0 aliphatic carbocycles. The Bertz CT molecular complexity index is 520. The fraction of sp³-hybridized carbons (Fsp3) is 0.167. The van der Waals surface area contributed by atoms with E-state index in [4.69, 9.17) is 4.74 Å². The van der Waals surface area contributed by atoms with Gasteiger partial charge in [-0.25, -0.2) is 14.2 Å². The third-order valence-electron chi connectivity index (χ3n) is 2.19. The zero-order valence-electron chi connectivity index (χ0n) is 9.24. The van der Waals surface area contributed by atoms with Crippen LogP contribution in [0.15, 0.2) is 30.5 Å². The van der Waals surface area contributed by atoms with Crippen LogP contribution in [0, 0.1) is 5.82 Å². The number of carbonyl (C=O) groups is 1. The van der Waals surface area contributed by atoms with Crippen molar-refractivity contribution in [2.45, 2.75) is 6.92 Å². The SMILES string of the molecule is CCOC(=O)c1cnc(-c2ccc(F)cc2)[nH]1. The number of aromatic nitrogens is 2. The summed E-state index contributed by atoms with van der Waals surface area (Å²) in [5.74, 6) is -0.257. The molecular formula is C12H11FN2O2. The van der Waals surface area contributed by atoms with Crippen LogP contribution in [0.3, 0.4) is 0 Å². The zero-order chi connectivity index (χ0) is 12.3. The summed E-state index contributed by atoms with van der Waals surface area (Å²) < 4.78 is 17.6. The van der Waals surface area contributed by atoms with Crippen molar-refractivity contribution in [1.82, 2.24) is 9.97 Å². The van der Waals surface area contributed by atoms with Crippen molar-refractivity contribution in [3.05, 3.63) is 42.0 Å². The van der Waals surface area contributed by atoms with Crippen LogP contribution in [-0.4, -0.2) is 22.5 Å². The van der Waals surface area contributed by atoms with Gasteiger partial charge in [-0.1, -0.05) is 0 Å². The fourth-order valence-corrected chi connectivity index (χ4v) is 1.39. The first-order valence-corrected chi connectivity index (χ1v) is 5.18. The highest BCUT2D eigenvalue weighted by Gasteiger charge is 2.11. The maximum Gasteiger partial charge on any atom is 0.356 e. The normalized spacial score (nSPS) is 10.2. The molecule has 0 aliphatic rings. The van der Waals surface area contributed by atoms with E-state index in [0.717, 1.165) is 0 Å². The number of benzene rings is 1. The molecule has 0 unspecified atom stereocenters. The number of halogens is 1. The standard InChI is InChI=1S/C12H11FN2O2/c1-2-17-12(16)10-7-14-11(15-10)8-3-5-9(13)6-4-8/h3-7H,2H2,1H3,(H,14,15).